The molecule has 1 rings (SSSR count). The highest BCUT2D eigenvalue weighted by Crippen LogP contribution is 2.36. The average Bonchev–Trinajstić information content (AvgIpc) is 2.29. The Morgan fingerprint density at radius 3 is 1.94 bits per heavy atom. The van der Waals surface area contributed by atoms with Gasteiger partial charge in [-0.1, -0.05) is 0 Å². The van der Waals surface area contributed by atoms with Gasteiger partial charge in [0, 0.05) is 6.08 Å². The molecule has 102 valence electrons. The summed E-state index contributed by atoms with van der Waals surface area (Å²) < 4.78 is 16.6. The molecule has 0 radical (unpaired) electrons. The molecule has 0 spiro atoms. The Hall–Kier alpha value is -0.805. The van der Waals surface area contributed by atoms with Crippen LogP contribution >= 0.6 is 0 Å². The van der Waals surface area contributed by atoms with E-state index in [-0.39, 0.29) is 0 Å². The highest BCUT2D eigenvalue weighted by atomic mass is 16.7. The number of esters is 1. The van der Waals surface area contributed by atoms with Gasteiger partial charge in [-0.2, -0.15) is 0 Å². The van der Waals surface area contributed by atoms with Crippen molar-refractivity contribution in [3.05, 3.63) is 12.1 Å². The van der Waals surface area contributed by atoms with Crippen LogP contribution in [0.3, 0.4) is 0 Å². The predicted molar refractivity (Wildman–Crippen MR) is 71.1 cm³/mol. The number of ether oxygens (including phenoxy) is 1. The highest BCUT2D eigenvalue weighted by Gasteiger charge is 2.50. The van der Waals surface area contributed by atoms with Crippen LogP contribution in [-0.4, -0.2) is 29.9 Å². The lowest BCUT2D eigenvalue weighted by molar-refractivity contribution is -0.148. The largest absolute Gasteiger partial charge is 0.487 e. The third-order valence-corrected chi connectivity index (χ3v) is 3.07. The molecule has 5 heteroatoms. The normalized spacial score (nSPS) is 22.5. The molecule has 0 saturated carbocycles. The number of carbonyl (C=O) groups is 1. The molecule has 1 aliphatic rings. The van der Waals surface area contributed by atoms with Crippen LogP contribution in [0.1, 0.15) is 48.5 Å². The molecule has 1 fully saturated rings. The van der Waals surface area contributed by atoms with Gasteiger partial charge >= 0.3 is 13.1 Å². The zero-order valence-electron chi connectivity index (χ0n) is 12.4. The van der Waals surface area contributed by atoms with Crippen LogP contribution in [0, 0.1) is 0 Å². The first-order chi connectivity index (χ1) is 7.93. The van der Waals surface area contributed by atoms with E-state index < -0.39 is 29.9 Å². The third kappa shape index (κ3) is 3.85. The van der Waals surface area contributed by atoms with Gasteiger partial charge in [0.15, 0.2) is 0 Å². The number of carbonyl (C=O) groups excluding carboxylic acids is 1. The summed E-state index contributed by atoms with van der Waals surface area (Å²) >= 11 is 0. The molecule has 0 aromatic heterocycles. The first kappa shape index (κ1) is 15.3. The molecule has 0 aromatic carbocycles. The maximum atomic E-state index is 11.5. The maximum absolute atomic E-state index is 11.5. The van der Waals surface area contributed by atoms with Crippen molar-refractivity contribution in [2.45, 2.75) is 65.3 Å². The maximum Gasteiger partial charge on any atom is 0.487 e. The fourth-order valence-corrected chi connectivity index (χ4v) is 1.46. The van der Waals surface area contributed by atoms with Crippen LogP contribution in [0.5, 0.6) is 0 Å². The fraction of sp³-hybridized carbons (Fsp3) is 0.769. The standard InChI is InChI=1S/C13H23BO4/c1-11(2,3)16-10(15)8-9-14-17-12(4,5)13(6,7)18-14/h8-9H,1-7H3/b9-8-. The summed E-state index contributed by atoms with van der Waals surface area (Å²) in [5, 5.41) is 0. The van der Waals surface area contributed by atoms with Gasteiger partial charge in [-0.15, -0.1) is 0 Å². The molecule has 18 heavy (non-hydrogen) atoms. The van der Waals surface area contributed by atoms with E-state index in [9.17, 15) is 4.79 Å². The van der Waals surface area contributed by atoms with Gasteiger partial charge in [-0.3, -0.25) is 0 Å². The summed E-state index contributed by atoms with van der Waals surface area (Å²) in [5.74, 6) is 1.20. The average molecular weight is 254 g/mol. The van der Waals surface area contributed by atoms with E-state index in [1.165, 1.54) is 6.08 Å². The Morgan fingerprint density at radius 1 is 1.11 bits per heavy atom. The Bertz CT molecular complexity index is 336. The fourth-order valence-electron chi connectivity index (χ4n) is 1.46. The van der Waals surface area contributed by atoms with Gasteiger partial charge in [-0.05, 0) is 54.4 Å². The molecule has 1 heterocycles. The summed E-state index contributed by atoms with van der Waals surface area (Å²) in [6.45, 7) is 13.3. The second-order valence-electron chi connectivity index (χ2n) is 6.52. The van der Waals surface area contributed by atoms with Crippen LogP contribution in [0.15, 0.2) is 12.1 Å². The van der Waals surface area contributed by atoms with E-state index in [4.69, 9.17) is 14.0 Å². The van der Waals surface area contributed by atoms with Gasteiger partial charge in [-0.25, -0.2) is 4.79 Å². The monoisotopic (exact) mass is 254 g/mol. The van der Waals surface area contributed by atoms with Crippen molar-refractivity contribution in [2.75, 3.05) is 0 Å². The van der Waals surface area contributed by atoms with Crippen molar-refractivity contribution in [1.82, 2.24) is 0 Å². The second kappa shape index (κ2) is 4.70. The van der Waals surface area contributed by atoms with E-state index in [2.05, 4.69) is 0 Å². The van der Waals surface area contributed by atoms with Crippen LogP contribution in [0.25, 0.3) is 0 Å². The quantitative estimate of drug-likeness (QED) is 0.431. The van der Waals surface area contributed by atoms with E-state index in [0.29, 0.717) is 0 Å². The molecule has 1 saturated heterocycles. The van der Waals surface area contributed by atoms with Gasteiger partial charge < -0.3 is 14.0 Å². The van der Waals surface area contributed by atoms with E-state index in [1.807, 2.05) is 48.5 Å². The zero-order valence-corrected chi connectivity index (χ0v) is 12.4. The molecule has 0 aromatic rings. The van der Waals surface area contributed by atoms with Crippen molar-refractivity contribution in [1.29, 1.82) is 0 Å². The van der Waals surface area contributed by atoms with Crippen LogP contribution in [0.4, 0.5) is 0 Å². The molecular formula is C13H23BO4. The van der Waals surface area contributed by atoms with Crippen molar-refractivity contribution >= 4 is 13.1 Å². The molecule has 0 N–H and O–H groups in total. The van der Waals surface area contributed by atoms with Gasteiger partial charge in [0.1, 0.15) is 5.60 Å². The number of rotatable bonds is 2. The molecule has 0 amide bonds. The molecule has 0 unspecified atom stereocenters. The smallest absolute Gasteiger partial charge is 0.457 e. The molecule has 0 aliphatic carbocycles. The van der Waals surface area contributed by atoms with Gasteiger partial charge in [0.25, 0.3) is 0 Å². The minimum Gasteiger partial charge on any atom is -0.457 e. The minimum absolute atomic E-state index is 0.391. The molecule has 4 nitrogen and oxygen atoms in total. The first-order valence-electron chi connectivity index (χ1n) is 6.20. The predicted octanol–water partition coefficient (Wildman–Crippen LogP) is 2.52. The Labute approximate surface area is 110 Å². The van der Waals surface area contributed by atoms with E-state index >= 15 is 0 Å². The van der Waals surface area contributed by atoms with E-state index in [0.717, 1.165) is 0 Å². The number of hydrogen-bond donors (Lipinski definition) is 0. The Morgan fingerprint density at radius 2 is 1.56 bits per heavy atom. The van der Waals surface area contributed by atoms with Crippen LogP contribution < -0.4 is 0 Å². The third-order valence-electron chi connectivity index (χ3n) is 3.07. The topological polar surface area (TPSA) is 44.8 Å². The zero-order chi connectivity index (χ0) is 14.2. The van der Waals surface area contributed by atoms with Crippen molar-refractivity contribution in [3.63, 3.8) is 0 Å². The van der Waals surface area contributed by atoms with Crippen molar-refractivity contribution in [3.8, 4) is 0 Å². The Balaban J connectivity index is 2.58. The SMILES string of the molecule is CC(C)(C)OC(=O)/C=C\B1OC(C)(C)C(C)(C)O1. The van der Waals surface area contributed by atoms with Crippen LogP contribution in [0.2, 0.25) is 0 Å². The minimum atomic E-state index is -0.512. The lowest BCUT2D eigenvalue weighted by atomic mass is 9.90. The molecule has 0 bridgehead atoms. The van der Waals surface area contributed by atoms with Crippen molar-refractivity contribution < 1.29 is 18.8 Å². The first-order valence-corrected chi connectivity index (χ1v) is 6.20. The lowest BCUT2D eigenvalue weighted by Crippen LogP contribution is -2.41. The summed E-state index contributed by atoms with van der Waals surface area (Å²) in [6.07, 6.45) is 1.35. The lowest BCUT2D eigenvalue weighted by Gasteiger charge is -2.32. The summed E-state index contributed by atoms with van der Waals surface area (Å²) in [7, 11) is -0.512. The second-order valence-corrected chi connectivity index (χ2v) is 6.52. The van der Waals surface area contributed by atoms with Gasteiger partial charge in [0.05, 0.1) is 11.2 Å². The molecular weight excluding hydrogens is 231 g/mol. The van der Waals surface area contributed by atoms with E-state index in [1.54, 1.807) is 5.98 Å². The van der Waals surface area contributed by atoms with Crippen molar-refractivity contribution in [2.24, 2.45) is 0 Å². The molecule has 1 aliphatic heterocycles. The Kier molecular flexibility index (Phi) is 3.99. The summed E-state index contributed by atoms with van der Waals surface area (Å²) in [4.78, 5) is 11.5. The highest BCUT2D eigenvalue weighted by molar-refractivity contribution is 6.52. The van der Waals surface area contributed by atoms with Gasteiger partial charge in [0.2, 0.25) is 0 Å². The molecule has 0 atom stereocenters. The van der Waals surface area contributed by atoms with Crippen LogP contribution in [-0.2, 0) is 18.8 Å². The number of hydrogen-bond acceptors (Lipinski definition) is 4. The summed E-state index contributed by atoms with van der Waals surface area (Å²) in [6, 6.07) is 0. The summed E-state index contributed by atoms with van der Waals surface area (Å²) in [5.41, 5.74) is -1.27.